The van der Waals surface area contributed by atoms with Gasteiger partial charge in [-0.25, -0.2) is 4.79 Å². The third-order valence-corrected chi connectivity index (χ3v) is 6.53. The molecule has 35 heavy (non-hydrogen) atoms. The number of nitrogens with zero attached hydrogens (tertiary/aromatic N) is 3. The van der Waals surface area contributed by atoms with E-state index in [4.69, 9.17) is 14.2 Å². The smallest absolute Gasteiger partial charge is 0.322 e. The Balaban J connectivity index is 1.74. The van der Waals surface area contributed by atoms with Gasteiger partial charge in [-0.1, -0.05) is 43.1 Å². The Morgan fingerprint density at radius 3 is 2.49 bits per heavy atom. The molecule has 1 atom stereocenters. The van der Waals surface area contributed by atoms with E-state index in [9.17, 15) is 4.79 Å². The highest BCUT2D eigenvalue weighted by atomic mass is 16.5. The summed E-state index contributed by atoms with van der Waals surface area (Å²) in [7, 11) is 0. The summed E-state index contributed by atoms with van der Waals surface area (Å²) in [5.41, 5.74) is 5.87. The standard InChI is InChI=1S/C28H34N4O3/c1-6-8-9-16-32-20(5)24(25(29-28(32)33)22-11-10-18(3)19(4)17-22)27-30-26(31-35-27)21-12-14-23(15-13-21)34-7-2/h10-15,17,25H,6-9,16H2,1-5H3,(H,29,33). The Morgan fingerprint density at radius 2 is 1.80 bits per heavy atom. The van der Waals surface area contributed by atoms with Gasteiger partial charge in [0.1, 0.15) is 5.75 Å². The number of aromatic nitrogens is 2. The molecule has 2 amide bonds. The Labute approximate surface area is 207 Å². The summed E-state index contributed by atoms with van der Waals surface area (Å²) in [6, 6.07) is 13.4. The van der Waals surface area contributed by atoms with Crippen LogP contribution in [0.5, 0.6) is 5.75 Å². The van der Waals surface area contributed by atoms with Gasteiger partial charge in [-0.2, -0.15) is 4.98 Å². The summed E-state index contributed by atoms with van der Waals surface area (Å²) in [6.07, 6.45) is 3.09. The van der Waals surface area contributed by atoms with Crippen LogP contribution in [0.4, 0.5) is 4.79 Å². The van der Waals surface area contributed by atoms with Crippen molar-refractivity contribution in [1.82, 2.24) is 20.4 Å². The molecule has 0 aliphatic carbocycles. The first kappa shape index (κ1) is 24.5. The van der Waals surface area contributed by atoms with Crippen molar-refractivity contribution in [1.29, 1.82) is 0 Å². The molecular weight excluding hydrogens is 440 g/mol. The predicted octanol–water partition coefficient (Wildman–Crippen LogP) is 6.44. The molecule has 1 aliphatic heterocycles. The predicted molar refractivity (Wildman–Crippen MR) is 137 cm³/mol. The maximum absolute atomic E-state index is 13.1. The van der Waals surface area contributed by atoms with Gasteiger partial charge in [0.15, 0.2) is 0 Å². The molecule has 184 valence electrons. The second-order valence-corrected chi connectivity index (χ2v) is 8.96. The molecule has 0 fully saturated rings. The molecule has 0 saturated heterocycles. The van der Waals surface area contributed by atoms with Gasteiger partial charge in [0, 0.05) is 17.8 Å². The van der Waals surface area contributed by atoms with E-state index in [0.717, 1.165) is 47.4 Å². The number of unbranched alkanes of at least 4 members (excludes halogenated alkanes) is 2. The van der Waals surface area contributed by atoms with Crippen molar-refractivity contribution < 1.29 is 14.1 Å². The van der Waals surface area contributed by atoms with E-state index in [1.807, 2.05) is 38.1 Å². The van der Waals surface area contributed by atoms with Crippen molar-refractivity contribution in [2.24, 2.45) is 0 Å². The number of allylic oxidation sites excluding steroid dienone is 1. The Kier molecular flexibility index (Phi) is 7.54. The number of rotatable bonds is 9. The van der Waals surface area contributed by atoms with Crippen LogP contribution in [-0.4, -0.2) is 34.2 Å². The van der Waals surface area contributed by atoms with Gasteiger partial charge in [-0.15, -0.1) is 0 Å². The third kappa shape index (κ3) is 5.24. The van der Waals surface area contributed by atoms with Crippen LogP contribution in [0, 0.1) is 13.8 Å². The normalized spacial score (nSPS) is 16.0. The number of aryl methyl sites for hydroxylation is 2. The van der Waals surface area contributed by atoms with Crippen molar-refractivity contribution in [3.8, 4) is 17.1 Å². The molecule has 0 bridgehead atoms. The van der Waals surface area contributed by atoms with Crippen molar-refractivity contribution in [2.45, 2.75) is 59.9 Å². The highest BCUT2D eigenvalue weighted by Gasteiger charge is 2.35. The Morgan fingerprint density at radius 1 is 1.03 bits per heavy atom. The lowest BCUT2D eigenvalue weighted by Crippen LogP contribution is -2.46. The Hall–Kier alpha value is -3.61. The molecule has 2 heterocycles. The molecule has 1 aromatic heterocycles. The van der Waals surface area contributed by atoms with Gasteiger partial charge >= 0.3 is 6.03 Å². The third-order valence-electron chi connectivity index (χ3n) is 6.53. The van der Waals surface area contributed by atoms with Gasteiger partial charge in [-0.05, 0) is 75.1 Å². The molecule has 7 heteroatoms. The lowest BCUT2D eigenvalue weighted by molar-refractivity contribution is 0.204. The highest BCUT2D eigenvalue weighted by molar-refractivity contribution is 5.87. The number of hydrogen-bond donors (Lipinski definition) is 1. The van der Waals surface area contributed by atoms with Gasteiger partial charge in [0.25, 0.3) is 5.89 Å². The van der Waals surface area contributed by atoms with E-state index in [0.29, 0.717) is 24.9 Å². The lowest BCUT2D eigenvalue weighted by atomic mass is 9.92. The van der Waals surface area contributed by atoms with E-state index in [1.165, 1.54) is 11.1 Å². The molecule has 4 rings (SSSR count). The topological polar surface area (TPSA) is 80.5 Å². The highest BCUT2D eigenvalue weighted by Crippen LogP contribution is 2.38. The molecule has 0 saturated carbocycles. The minimum atomic E-state index is -0.377. The number of ether oxygens (including phenoxy) is 1. The monoisotopic (exact) mass is 474 g/mol. The number of carbonyl (C=O) groups is 1. The second kappa shape index (κ2) is 10.8. The second-order valence-electron chi connectivity index (χ2n) is 8.96. The first-order valence-corrected chi connectivity index (χ1v) is 12.4. The maximum Gasteiger partial charge on any atom is 0.322 e. The van der Waals surface area contributed by atoms with E-state index in [1.54, 1.807) is 4.90 Å². The molecule has 3 aromatic rings. The molecule has 0 radical (unpaired) electrons. The van der Waals surface area contributed by atoms with Crippen LogP contribution in [0.25, 0.3) is 17.0 Å². The fourth-order valence-electron chi connectivity index (χ4n) is 4.36. The average Bonchev–Trinajstić information content (AvgIpc) is 3.33. The molecule has 1 aliphatic rings. The number of nitrogens with one attached hydrogen (secondary N) is 1. The average molecular weight is 475 g/mol. The lowest BCUT2D eigenvalue weighted by Gasteiger charge is -2.35. The van der Waals surface area contributed by atoms with E-state index in [2.05, 4.69) is 49.4 Å². The zero-order valence-corrected chi connectivity index (χ0v) is 21.2. The maximum atomic E-state index is 13.1. The molecule has 2 aromatic carbocycles. The molecule has 0 spiro atoms. The zero-order valence-electron chi connectivity index (χ0n) is 21.2. The van der Waals surface area contributed by atoms with Crippen LogP contribution in [-0.2, 0) is 0 Å². The minimum Gasteiger partial charge on any atom is -0.494 e. The number of urea groups is 1. The quantitative estimate of drug-likeness (QED) is 0.361. The zero-order chi connectivity index (χ0) is 24.9. The van der Waals surface area contributed by atoms with Crippen molar-refractivity contribution >= 4 is 11.6 Å². The minimum absolute atomic E-state index is 0.100. The fraction of sp³-hybridized carbons (Fsp3) is 0.393. The van der Waals surface area contributed by atoms with Crippen molar-refractivity contribution in [3.63, 3.8) is 0 Å². The van der Waals surface area contributed by atoms with Crippen LogP contribution in [0.1, 0.15) is 68.7 Å². The van der Waals surface area contributed by atoms with E-state index in [-0.39, 0.29) is 12.1 Å². The van der Waals surface area contributed by atoms with Gasteiger partial charge in [0.05, 0.1) is 18.2 Å². The summed E-state index contributed by atoms with van der Waals surface area (Å²) in [4.78, 5) is 19.7. The van der Waals surface area contributed by atoms with Gasteiger partial charge in [0.2, 0.25) is 5.82 Å². The Bertz CT molecular complexity index is 1210. The number of carbonyl (C=O) groups excluding carboxylic acids is 1. The van der Waals surface area contributed by atoms with Crippen LogP contribution in [0.15, 0.2) is 52.7 Å². The largest absolute Gasteiger partial charge is 0.494 e. The van der Waals surface area contributed by atoms with Gasteiger partial charge in [-0.3, -0.25) is 4.90 Å². The number of hydrogen-bond acceptors (Lipinski definition) is 5. The molecular formula is C28H34N4O3. The van der Waals surface area contributed by atoms with Crippen LogP contribution in [0.2, 0.25) is 0 Å². The first-order valence-electron chi connectivity index (χ1n) is 12.4. The van der Waals surface area contributed by atoms with Crippen LogP contribution >= 0.6 is 0 Å². The molecule has 7 nitrogen and oxygen atoms in total. The van der Waals surface area contributed by atoms with Gasteiger partial charge < -0.3 is 14.6 Å². The van der Waals surface area contributed by atoms with Crippen molar-refractivity contribution in [2.75, 3.05) is 13.2 Å². The van der Waals surface area contributed by atoms with E-state index >= 15 is 0 Å². The van der Waals surface area contributed by atoms with Crippen LogP contribution in [0.3, 0.4) is 0 Å². The number of benzene rings is 2. The SMILES string of the molecule is CCCCCN1C(=O)NC(c2ccc(C)c(C)c2)C(c2nc(-c3ccc(OCC)cc3)no2)=C1C. The summed E-state index contributed by atoms with van der Waals surface area (Å²) in [5, 5.41) is 7.45. The summed E-state index contributed by atoms with van der Waals surface area (Å²) < 4.78 is 11.3. The van der Waals surface area contributed by atoms with Crippen molar-refractivity contribution in [3.05, 3.63) is 70.7 Å². The fourth-order valence-corrected chi connectivity index (χ4v) is 4.36. The number of amides is 2. The summed E-state index contributed by atoms with van der Waals surface area (Å²) in [5.74, 6) is 1.71. The first-order chi connectivity index (χ1) is 16.9. The molecule has 1 unspecified atom stereocenters. The van der Waals surface area contributed by atoms with Crippen LogP contribution < -0.4 is 10.1 Å². The summed E-state index contributed by atoms with van der Waals surface area (Å²) >= 11 is 0. The summed E-state index contributed by atoms with van der Waals surface area (Å²) in [6.45, 7) is 11.5. The molecule has 1 N–H and O–H groups in total. The van der Waals surface area contributed by atoms with E-state index < -0.39 is 0 Å².